The van der Waals surface area contributed by atoms with Crippen LogP contribution in [0.15, 0.2) is 24.4 Å². The lowest BCUT2D eigenvalue weighted by molar-refractivity contribution is 0.0472. The molecule has 0 aliphatic carbocycles. The molecule has 0 fully saturated rings. The Labute approximate surface area is 121 Å². The topological polar surface area (TPSA) is 63.2 Å². The van der Waals surface area contributed by atoms with Gasteiger partial charge in [0.25, 0.3) is 0 Å². The normalized spacial score (nSPS) is 12.1. The maximum absolute atomic E-state index is 11.7. The van der Waals surface area contributed by atoms with Crippen molar-refractivity contribution in [2.45, 2.75) is 52.3 Å². The summed E-state index contributed by atoms with van der Waals surface area (Å²) in [7, 11) is 0. The molecular formula is C15H25N3O2. The quantitative estimate of drug-likeness (QED) is 0.869. The molecule has 2 N–H and O–H groups in total. The van der Waals surface area contributed by atoms with Crippen LogP contribution in [0.4, 0.5) is 4.79 Å². The minimum absolute atomic E-state index is 0.392. The first-order valence-electron chi connectivity index (χ1n) is 6.80. The van der Waals surface area contributed by atoms with Gasteiger partial charge in [-0.3, -0.25) is 4.98 Å². The highest BCUT2D eigenvalue weighted by atomic mass is 16.6. The average Bonchev–Trinajstić information content (AvgIpc) is 2.26. The highest BCUT2D eigenvalue weighted by Gasteiger charge is 2.24. The molecule has 0 aliphatic heterocycles. The van der Waals surface area contributed by atoms with Crippen molar-refractivity contribution < 1.29 is 9.53 Å². The first-order valence-corrected chi connectivity index (χ1v) is 6.80. The molecule has 5 heteroatoms. The van der Waals surface area contributed by atoms with Crippen molar-refractivity contribution in [1.82, 2.24) is 15.6 Å². The number of carbonyl (C=O) groups is 1. The van der Waals surface area contributed by atoms with E-state index in [4.69, 9.17) is 4.74 Å². The van der Waals surface area contributed by atoms with Crippen molar-refractivity contribution in [3.63, 3.8) is 0 Å². The summed E-state index contributed by atoms with van der Waals surface area (Å²) in [5, 5.41) is 6.13. The van der Waals surface area contributed by atoms with Crippen LogP contribution in [0, 0.1) is 0 Å². The summed E-state index contributed by atoms with van der Waals surface area (Å²) in [6.45, 7) is 10.7. The van der Waals surface area contributed by atoms with E-state index >= 15 is 0 Å². The number of aromatic nitrogens is 1. The van der Waals surface area contributed by atoms with E-state index in [1.165, 1.54) is 0 Å². The number of hydrogen-bond acceptors (Lipinski definition) is 4. The summed E-state index contributed by atoms with van der Waals surface area (Å²) in [6.07, 6.45) is 1.36. The standard InChI is InChI=1S/C15H25N3O2/c1-14(2,3)20-13(19)18-15(4,5)11-16-10-12-8-6-7-9-17-12/h6-9,16H,10-11H2,1-5H3,(H,18,19). The van der Waals surface area contributed by atoms with Gasteiger partial charge in [-0.05, 0) is 46.8 Å². The van der Waals surface area contributed by atoms with Gasteiger partial charge >= 0.3 is 6.09 Å². The lowest BCUT2D eigenvalue weighted by atomic mass is 10.1. The average molecular weight is 279 g/mol. The molecule has 0 bridgehead atoms. The third-order valence-electron chi connectivity index (χ3n) is 2.44. The van der Waals surface area contributed by atoms with E-state index < -0.39 is 17.2 Å². The predicted octanol–water partition coefficient (Wildman–Crippen LogP) is 2.47. The molecule has 1 rings (SSSR count). The van der Waals surface area contributed by atoms with Gasteiger partial charge in [-0.25, -0.2) is 4.79 Å². The fraction of sp³-hybridized carbons (Fsp3) is 0.600. The van der Waals surface area contributed by atoms with Gasteiger partial charge in [0, 0.05) is 19.3 Å². The van der Waals surface area contributed by atoms with Crippen LogP contribution in [0.1, 0.15) is 40.3 Å². The zero-order chi connectivity index (χ0) is 15.2. The molecule has 0 saturated heterocycles. The lowest BCUT2D eigenvalue weighted by Crippen LogP contribution is -2.51. The third kappa shape index (κ3) is 7.09. The SMILES string of the molecule is CC(C)(CNCc1ccccn1)NC(=O)OC(C)(C)C. The number of amides is 1. The summed E-state index contributed by atoms with van der Waals surface area (Å²) >= 11 is 0. The first-order chi connectivity index (χ1) is 9.18. The number of nitrogens with one attached hydrogen (secondary N) is 2. The number of alkyl carbamates (subject to hydrolysis) is 1. The second kappa shape index (κ2) is 6.70. The van der Waals surface area contributed by atoms with Crippen LogP contribution in [0.25, 0.3) is 0 Å². The molecule has 20 heavy (non-hydrogen) atoms. The van der Waals surface area contributed by atoms with Crippen molar-refractivity contribution in [3.8, 4) is 0 Å². The highest BCUT2D eigenvalue weighted by Crippen LogP contribution is 2.09. The van der Waals surface area contributed by atoms with Crippen LogP contribution >= 0.6 is 0 Å². The van der Waals surface area contributed by atoms with Crippen molar-refractivity contribution in [1.29, 1.82) is 0 Å². The molecule has 0 radical (unpaired) electrons. The lowest BCUT2D eigenvalue weighted by Gasteiger charge is -2.28. The Morgan fingerprint density at radius 2 is 1.95 bits per heavy atom. The van der Waals surface area contributed by atoms with E-state index in [9.17, 15) is 4.79 Å². The molecule has 0 aliphatic rings. The molecule has 5 nitrogen and oxygen atoms in total. The summed E-state index contributed by atoms with van der Waals surface area (Å²) in [5.41, 5.74) is 0.0964. The van der Waals surface area contributed by atoms with Crippen molar-refractivity contribution >= 4 is 6.09 Å². The zero-order valence-electron chi connectivity index (χ0n) is 13.0. The van der Waals surface area contributed by atoms with E-state index in [0.29, 0.717) is 13.1 Å². The molecule has 1 aromatic rings. The van der Waals surface area contributed by atoms with Crippen LogP contribution in [0.2, 0.25) is 0 Å². The molecule has 112 valence electrons. The molecule has 1 amide bonds. The van der Waals surface area contributed by atoms with Gasteiger partial charge in [-0.1, -0.05) is 6.07 Å². The van der Waals surface area contributed by atoms with Crippen LogP contribution in [0.3, 0.4) is 0 Å². The number of pyridine rings is 1. The molecule has 0 saturated carbocycles. The molecule has 1 aromatic heterocycles. The summed E-state index contributed by atoms with van der Waals surface area (Å²) < 4.78 is 5.25. The van der Waals surface area contributed by atoms with E-state index in [2.05, 4.69) is 15.6 Å². The second-order valence-electron chi connectivity index (χ2n) is 6.44. The molecule has 0 atom stereocenters. The Hall–Kier alpha value is -1.62. The number of hydrogen-bond donors (Lipinski definition) is 2. The van der Waals surface area contributed by atoms with Gasteiger partial charge in [-0.15, -0.1) is 0 Å². The van der Waals surface area contributed by atoms with Gasteiger partial charge in [0.05, 0.1) is 11.2 Å². The minimum Gasteiger partial charge on any atom is -0.444 e. The van der Waals surface area contributed by atoms with Gasteiger partial charge < -0.3 is 15.4 Å². The molecule has 0 spiro atoms. The van der Waals surface area contributed by atoms with E-state index in [1.807, 2.05) is 52.8 Å². The number of carbonyl (C=O) groups excluding carboxylic acids is 1. The Balaban J connectivity index is 2.36. The van der Waals surface area contributed by atoms with Crippen LogP contribution in [-0.4, -0.2) is 28.8 Å². The van der Waals surface area contributed by atoms with Crippen molar-refractivity contribution in [3.05, 3.63) is 30.1 Å². The molecule has 1 heterocycles. The maximum atomic E-state index is 11.7. The van der Waals surface area contributed by atoms with Gasteiger partial charge in [0.15, 0.2) is 0 Å². The number of nitrogens with zero attached hydrogens (tertiary/aromatic N) is 1. The minimum atomic E-state index is -0.485. The maximum Gasteiger partial charge on any atom is 0.408 e. The Kier molecular flexibility index (Phi) is 5.51. The van der Waals surface area contributed by atoms with E-state index in [-0.39, 0.29) is 0 Å². The Morgan fingerprint density at radius 1 is 1.25 bits per heavy atom. The largest absolute Gasteiger partial charge is 0.444 e. The Morgan fingerprint density at radius 3 is 2.50 bits per heavy atom. The predicted molar refractivity (Wildman–Crippen MR) is 79.4 cm³/mol. The van der Waals surface area contributed by atoms with E-state index in [1.54, 1.807) is 6.20 Å². The summed E-state index contributed by atoms with van der Waals surface area (Å²) in [6, 6.07) is 5.80. The van der Waals surface area contributed by atoms with Gasteiger partial charge in [0.2, 0.25) is 0 Å². The third-order valence-corrected chi connectivity index (χ3v) is 2.44. The fourth-order valence-corrected chi connectivity index (χ4v) is 1.63. The van der Waals surface area contributed by atoms with Gasteiger partial charge in [-0.2, -0.15) is 0 Å². The zero-order valence-corrected chi connectivity index (χ0v) is 13.0. The molecular weight excluding hydrogens is 254 g/mol. The van der Waals surface area contributed by atoms with E-state index in [0.717, 1.165) is 5.69 Å². The van der Waals surface area contributed by atoms with Crippen LogP contribution in [0.5, 0.6) is 0 Å². The highest BCUT2D eigenvalue weighted by molar-refractivity contribution is 5.68. The number of rotatable bonds is 5. The Bertz CT molecular complexity index is 424. The van der Waals surface area contributed by atoms with Crippen molar-refractivity contribution in [2.75, 3.05) is 6.54 Å². The van der Waals surface area contributed by atoms with Gasteiger partial charge in [0.1, 0.15) is 5.60 Å². The molecule has 0 aromatic carbocycles. The summed E-state index contributed by atoms with van der Waals surface area (Å²) in [5.74, 6) is 0. The fourth-order valence-electron chi connectivity index (χ4n) is 1.63. The monoisotopic (exact) mass is 279 g/mol. The van der Waals surface area contributed by atoms with Crippen LogP contribution in [-0.2, 0) is 11.3 Å². The number of ether oxygens (including phenoxy) is 1. The van der Waals surface area contributed by atoms with Crippen molar-refractivity contribution in [2.24, 2.45) is 0 Å². The van der Waals surface area contributed by atoms with Crippen LogP contribution < -0.4 is 10.6 Å². The smallest absolute Gasteiger partial charge is 0.408 e. The second-order valence-corrected chi connectivity index (χ2v) is 6.44. The molecule has 0 unspecified atom stereocenters. The first kappa shape index (κ1) is 16.4. The summed E-state index contributed by atoms with van der Waals surface area (Å²) in [4.78, 5) is 16.0.